The number of halogens is 1. The molecule has 0 N–H and O–H groups in total. The summed E-state index contributed by atoms with van der Waals surface area (Å²) >= 11 is 5.57. The fourth-order valence-electron chi connectivity index (χ4n) is 1.33. The van der Waals surface area contributed by atoms with Gasteiger partial charge in [-0.25, -0.2) is 8.42 Å². The predicted octanol–water partition coefficient (Wildman–Crippen LogP) is 0.346. The summed E-state index contributed by atoms with van der Waals surface area (Å²) in [7, 11) is -2.76. The van der Waals surface area contributed by atoms with Crippen molar-refractivity contribution in [3.05, 3.63) is 0 Å². The predicted molar refractivity (Wildman–Crippen MR) is 50.4 cm³/mol. The summed E-state index contributed by atoms with van der Waals surface area (Å²) in [6, 6.07) is 0. The summed E-state index contributed by atoms with van der Waals surface area (Å²) in [5.74, 6) is 1.22. The Morgan fingerprint density at radius 2 is 2.00 bits per heavy atom. The molecule has 0 aliphatic carbocycles. The lowest BCUT2D eigenvalue weighted by atomic mass is 10.4. The molecule has 0 aromatic heterocycles. The maximum atomic E-state index is 11.2. The van der Waals surface area contributed by atoms with Crippen molar-refractivity contribution in [1.29, 1.82) is 0 Å². The monoisotopic (exact) mass is 211 g/mol. The Morgan fingerprint density at radius 1 is 1.25 bits per heavy atom. The van der Waals surface area contributed by atoms with E-state index in [9.17, 15) is 8.42 Å². The van der Waals surface area contributed by atoms with Crippen LogP contribution in [0.5, 0.6) is 0 Å². The molecule has 1 rings (SSSR count). The molecule has 0 bridgehead atoms. The maximum Gasteiger partial charge on any atom is 0.151 e. The first-order valence-electron chi connectivity index (χ1n) is 4.13. The van der Waals surface area contributed by atoms with E-state index in [0.29, 0.717) is 23.9 Å². The van der Waals surface area contributed by atoms with Gasteiger partial charge in [0.15, 0.2) is 9.84 Å². The molecule has 0 aromatic carbocycles. The third-order valence-electron chi connectivity index (χ3n) is 2.05. The molecule has 5 heteroatoms. The van der Waals surface area contributed by atoms with Gasteiger partial charge in [-0.05, 0) is 13.0 Å². The third kappa shape index (κ3) is 3.29. The molecular formula is C7H14ClNO2S. The fraction of sp³-hybridized carbons (Fsp3) is 1.00. The Morgan fingerprint density at radius 3 is 2.67 bits per heavy atom. The second-order valence-electron chi connectivity index (χ2n) is 3.04. The van der Waals surface area contributed by atoms with Gasteiger partial charge in [-0.3, -0.25) is 0 Å². The Balaban J connectivity index is 2.45. The second kappa shape index (κ2) is 4.44. The number of rotatable bonds is 2. The zero-order valence-corrected chi connectivity index (χ0v) is 8.57. The first kappa shape index (κ1) is 10.3. The number of sulfone groups is 1. The fourth-order valence-corrected chi connectivity index (χ4v) is 2.88. The average molecular weight is 212 g/mol. The van der Waals surface area contributed by atoms with E-state index in [-0.39, 0.29) is 0 Å². The number of hydrogen-bond donors (Lipinski definition) is 0. The Bertz CT molecular complexity index is 228. The Labute approximate surface area is 78.6 Å². The van der Waals surface area contributed by atoms with Crippen LogP contribution in [0.4, 0.5) is 0 Å². The Hall–Kier alpha value is 0.200. The lowest BCUT2D eigenvalue weighted by Gasteiger charge is -2.16. The first-order valence-corrected chi connectivity index (χ1v) is 6.48. The van der Waals surface area contributed by atoms with E-state index in [4.69, 9.17) is 11.6 Å². The van der Waals surface area contributed by atoms with Crippen molar-refractivity contribution in [1.82, 2.24) is 4.90 Å². The van der Waals surface area contributed by atoms with Crippen molar-refractivity contribution in [3.63, 3.8) is 0 Å². The molecule has 0 aromatic rings. The van der Waals surface area contributed by atoms with Crippen LogP contribution in [-0.2, 0) is 9.84 Å². The van der Waals surface area contributed by atoms with E-state index in [2.05, 4.69) is 4.90 Å². The van der Waals surface area contributed by atoms with Gasteiger partial charge >= 0.3 is 0 Å². The first-order chi connectivity index (χ1) is 5.64. The summed E-state index contributed by atoms with van der Waals surface area (Å²) < 4.78 is 22.3. The van der Waals surface area contributed by atoms with E-state index in [0.717, 1.165) is 19.5 Å². The SMILES string of the molecule is O=S1(=O)CCCN(CCCl)CC1. The van der Waals surface area contributed by atoms with Crippen LogP contribution >= 0.6 is 11.6 Å². The van der Waals surface area contributed by atoms with Gasteiger partial charge in [0.1, 0.15) is 0 Å². The van der Waals surface area contributed by atoms with Gasteiger partial charge in [-0.15, -0.1) is 11.6 Å². The second-order valence-corrected chi connectivity index (χ2v) is 5.72. The third-order valence-corrected chi connectivity index (χ3v) is 3.93. The van der Waals surface area contributed by atoms with E-state index in [1.54, 1.807) is 0 Å². The van der Waals surface area contributed by atoms with Crippen LogP contribution in [0.15, 0.2) is 0 Å². The molecule has 0 spiro atoms. The van der Waals surface area contributed by atoms with E-state index >= 15 is 0 Å². The van der Waals surface area contributed by atoms with Crippen LogP contribution < -0.4 is 0 Å². The van der Waals surface area contributed by atoms with Gasteiger partial charge < -0.3 is 4.90 Å². The highest BCUT2D eigenvalue weighted by Crippen LogP contribution is 2.04. The van der Waals surface area contributed by atoms with Crippen molar-refractivity contribution in [2.45, 2.75) is 6.42 Å². The van der Waals surface area contributed by atoms with E-state index in [1.807, 2.05) is 0 Å². The van der Waals surface area contributed by atoms with Gasteiger partial charge in [0.25, 0.3) is 0 Å². The van der Waals surface area contributed by atoms with Crippen LogP contribution in [0.3, 0.4) is 0 Å². The minimum atomic E-state index is -2.76. The quantitative estimate of drug-likeness (QED) is 0.619. The molecule has 1 heterocycles. The van der Waals surface area contributed by atoms with Crippen molar-refractivity contribution < 1.29 is 8.42 Å². The summed E-state index contributed by atoms with van der Waals surface area (Å²) in [5.41, 5.74) is 0. The zero-order valence-electron chi connectivity index (χ0n) is 7.00. The highest BCUT2D eigenvalue weighted by atomic mass is 35.5. The standard InChI is InChI=1S/C7H14ClNO2S/c8-2-4-9-3-1-6-12(10,11)7-5-9/h1-7H2. The molecule has 0 radical (unpaired) electrons. The van der Waals surface area contributed by atoms with Crippen LogP contribution in [0.2, 0.25) is 0 Å². The van der Waals surface area contributed by atoms with Crippen LogP contribution in [0.25, 0.3) is 0 Å². The molecule has 3 nitrogen and oxygen atoms in total. The zero-order chi connectivity index (χ0) is 9.03. The van der Waals surface area contributed by atoms with Crippen molar-refractivity contribution in [2.24, 2.45) is 0 Å². The number of hydrogen-bond acceptors (Lipinski definition) is 3. The molecule has 12 heavy (non-hydrogen) atoms. The summed E-state index contributed by atoms with van der Waals surface area (Å²) in [6.07, 6.45) is 0.749. The normalized spacial score (nSPS) is 25.1. The topological polar surface area (TPSA) is 37.4 Å². The van der Waals surface area contributed by atoms with E-state index < -0.39 is 9.84 Å². The minimum Gasteiger partial charge on any atom is -0.301 e. The van der Waals surface area contributed by atoms with Crippen LogP contribution in [0.1, 0.15) is 6.42 Å². The molecule has 0 unspecified atom stereocenters. The molecule has 1 saturated heterocycles. The van der Waals surface area contributed by atoms with Gasteiger partial charge in [0, 0.05) is 19.0 Å². The summed E-state index contributed by atoms with van der Waals surface area (Å²) in [6.45, 7) is 2.32. The Kier molecular flexibility index (Phi) is 3.80. The van der Waals surface area contributed by atoms with Crippen LogP contribution in [0, 0.1) is 0 Å². The highest BCUT2D eigenvalue weighted by Gasteiger charge is 2.17. The molecule has 1 aliphatic heterocycles. The summed E-state index contributed by atoms with van der Waals surface area (Å²) in [4.78, 5) is 2.11. The van der Waals surface area contributed by atoms with Crippen molar-refractivity contribution in [3.8, 4) is 0 Å². The highest BCUT2D eigenvalue weighted by molar-refractivity contribution is 7.91. The largest absolute Gasteiger partial charge is 0.301 e. The summed E-state index contributed by atoms with van der Waals surface area (Å²) in [5, 5.41) is 0. The number of nitrogens with zero attached hydrogens (tertiary/aromatic N) is 1. The van der Waals surface area contributed by atoms with Gasteiger partial charge in [-0.2, -0.15) is 0 Å². The van der Waals surface area contributed by atoms with Crippen LogP contribution in [-0.4, -0.2) is 50.3 Å². The van der Waals surface area contributed by atoms with Crippen molar-refractivity contribution in [2.75, 3.05) is 37.0 Å². The van der Waals surface area contributed by atoms with Gasteiger partial charge in [-0.1, -0.05) is 0 Å². The molecule has 72 valence electrons. The maximum absolute atomic E-state index is 11.2. The number of alkyl halides is 1. The lowest BCUT2D eigenvalue weighted by Crippen LogP contribution is -2.28. The molecule has 0 amide bonds. The lowest BCUT2D eigenvalue weighted by molar-refractivity contribution is 0.313. The minimum absolute atomic E-state index is 0.296. The smallest absolute Gasteiger partial charge is 0.151 e. The van der Waals surface area contributed by atoms with Gasteiger partial charge in [0.2, 0.25) is 0 Å². The average Bonchev–Trinajstić information content (AvgIpc) is 2.14. The van der Waals surface area contributed by atoms with E-state index in [1.165, 1.54) is 0 Å². The van der Waals surface area contributed by atoms with Crippen molar-refractivity contribution >= 4 is 21.4 Å². The van der Waals surface area contributed by atoms with Gasteiger partial charge in [0.05, 0.1) is 11.5 Å². The molecule has 0 saturated carbocycles. The molecular weight excluding hydrogens is 198 g/mol. The molecule has 1 aliphatic rings. The molecule has 0 atom stereocenters. The molecule has 1 fully saturated rings.